The van der Waals surface area contributed by atoms with Crippen molar-refractivity contribution in [2.45, 2.75) is 12.5 Å². The molecule has 0 spiro atoms. The molecule has 23 heavy (non-hydrogen) atoms. The van der Waals surface area contributed by atoms with Gasteiger partial charge in [-0.2, -0.15) is 0 Å². The third kappa shape index (κ3) is 4.26. The number of amides is 2. The van der Waals surface area contributed by atoms with Gasteiger partial charge in [-0.05, 0) is 18.6 Å². The number of methoxy groups -OCH3 is 1. The van der Waals surface area contributed by atoms with Crippen molar-refractivity contribution in [2.75, 3.05) is 31.8 Å². The average molecular weight is 341 g/mol. The molecule has 1 aromatic rings. The van der Waals surface area contributed by atoms with Gasteiger partial charge in [-0.3, -0.25) is 14.6 Å². The Kier molecular flexibility index (Phi) is 5.32. The van der Waals surface area contributed by atoms with Crippen LogP contribution in [0.15, 0.2) is 18.3 Å². The molecule has 9 heteroatoms. The number of sulfone groups is 1. The van der Waals surface area contributed by atoms with Crippen LogP contribution in [0.2, 0.25) is 0 Å². The van der Waals surface area contributed by atoms with Crippen LogP contribution in [0.5, 0.6) is 0 Å². The lowest BCUT2D eigenvalue weighted by Gasteiger charge is -2.28. The molecule has 1 unspecified atom stereocenters. The molecule has 0 radical (unpaired) electrons. The highest BCUT2D eigenvalue weighted by molar-refractivity contribution is 7.91. The summed E-state index contributed by atoms with van der Waals surface area (Å²) >= 11 is 0. The van der Waals surface area contributed by atoms with Gasteiger partial charge in [-0.25, -0.2) is 8.42 Å². The second-order valence-electron chi connectivity index (χ2n) is 5.34. The van der Waals surface area contributed by atoms with E-state index in [9.17, 15) is 18.0 Å². The first-order valence-corrected chi connectivity index (χ1v) is 8.92. The summed E-state index contributed by atoms with van der Waals surface area (Å²) in [5.41, 5.74) is 5.45. The Bertz CT molecular complexity index is 687. The number of aromatic nitrogens is 1. The minimum absolute atomic E-state index is 0.0464. The van der Waals surface area contributed by atoms with E-state index in [0.717, 1.165) is 0 Å². The fourth-order valence-electron chi connectivity index (χ4n) is 2.49. The van der Waals surface area contributed by atoms with Crippen molar-refractivity contribution in [1.29, 1.82) is 0 Å². The van der Waals surface area contributed by atoms with E-state index in [1.54, 1.807) is 0 Å². The zero-order valence-corrected chi connectivity index (χ0v) is 13.6. The molecule has 8 nitrogen and oxygen atoms in total. The Morgan fingerprint density at radius 2 is 2.17 bits per heavy atom. The summed E-state index contributed by atoms with van der Waals surface area (Å²) in [4.78, 5) is 29.0. The van der Waals surface area contributed by atoms with Gasteiger partial charge in [0.05, 0.1) is 23.7 Å². The molecule has 2 amide bonds. The normalized spacial score (nSPS) is 19.4. The third-order valence-corrected chi connectivity index (χ3v) is 5.46. The van der Waals surface area contributed by atoms with Gasteiger partial charge in [-0.15, -0.1) is 0 Å². The van der Waals surface area contributed by atoms with Crippen LogP contribution in [0.3, 0.4) is 0 Å². The van der Waals surface area contributed by atoms with E-state index in [0.29, 0.717) is 13.0 Å². The maximum absolute atomic E-state index is 12.6. The van der Waals surface area contributed by atoms with Gasteiger partial charge in [0.1, 0.15) is 5.69 Å². The first-order chi connectivity index (χ1) is 10.8. The summed E-state index contributed by atoms with van der Waals surface area (Å²) in [5, 5.41) is 0. The van der Waals surface area contributed by atoms with Crippen LogP contribution in [-0.4, -0.2) is 67.9 Å². The first kappa shape index (κ1) is 17.4. The molecule has 0 saturated carbocycles. The minimum Gasteiger partial charge on any atom is -0.383 e. The van der Waals surface area contributed by atoms with Crippen molar-refractivity contribution in [2.24, 2.45) is 5.73 Å². The number of rotatable bonds is 6. The topological polar surface area (TPSA) is 120 Å². The van der Waals surface area contributed by atoms with Crippen LogP contribution in [0.4, 0.5) is 0 Å². The first-order valence-electron chi connectivity index (χ1n) is 7.10. The number of carbonyl (C=O) groups excluding carboxylic acids is 2. The summed E-state index contributed by atoms with van der Waals surface area (Å²) < 4.78 is 28.3. The monoisotopic (exact) mass is 341 g/mol. The van der Waals surface area contributed by atoms with Crippen molar-refractivity contribution in [3.63, 3.8) is 0 Å². The number of pyridine rings is 1. The van der Waals surface area contributed by atoms with E-state index < -0.39 is 15.7 Å². The second kappa shape index (κ2) is 7.05. The van der Waals surface area contributed by atoms with Crippen molar-refractivity contribution < 1.29 is 22.7 Å². The molecule has 2 heterocycles. The molecular weight excluding hydrogens is 322 g/mol. The lowest BCUT2D eigenvalue weighted by molar-refractivity contribution is 0.0623. The Balaban J connectivity index is 2.20. The Morgan fingerprint density at radius 1 is 1.43 bits per heavy atom. The Labute approximate surface area is 134 Å². The summed E-state index contributed by atoms with van der Waals surface area (Å²) in [5.74, 6) is -0.988. The SMILES string of the molecule is COCCN(C(=O)c1ccc(C(N)=O)nc1)C1CCS(=O)(=O)C1. The maximum Gasteiger partial charge on any atom is 0.267 e. The smallest absolute Gasteiger partial charge is 0.267 e. The van der Waals surface area contributed by atoms with Gasteiger partial charge in [0.15, 0.2) is 9.84 Å². The number of hydrogen-bond acceptors (Lipinski definition) is 6. The zero-order chi connectivity index (χ0) is 17.0. The number of nitrogens with two attached hydrogens (primary N) is 1. The van der Waals surface area contributed by atoms with E-state index in [1.807, 2.05) is 0 Å². The van der Waals surface area contributed by atoms with E-state index in [1.165, 1.54) is 30.3 Å². The highest BCUT2D eigenvalue weighted by Crippen LogP contribution is 2.20. The molecule has 2 rings (SSSR count). The number of ether oxygens (including phenoxy) is 1. The van der Waals surface area contributed by atoms with E-state index in [4.69, 9.17) is 10.5 Å². The van der Waals surface area contributed by atoms with Crippen LogP contribution < -0.4 is 5.73 Å². The highest BCUT2D eigenvalue weighted by atomic mass is 32.2. The van der Waals surface area contributed by atoms with Gasteiger partial charge in [0.25, 0.3) is 11.8 Å². The largest absolute Gasteiger partial charge is 0.383 e. The Hall–Kier alpha value is -2.00. The van der Waals surface area contributed by atoms with Gasteiger partial charge in [0, 0.05) is 25.9 Å². The van der Waals surface area contributed by atoms with E-state index in [2.05, 4.69) is 4.98 Å². The fraction of sp³-hybridized carbons (Fsp3) is 0.500. The predicted molar refractivity (Wildman–Crippen MR) is 82.7 cm³/mol. The van der Waals surface area contributed by atoms with Gasteiger partial charge < -0.3 is 15.4 Å². The standard InChI is InChI=1S/C14H19N3O5S/c1-22-6-5-17(11-4-7-23(20,21)9-11)14(19)10-2-3-12(13(15)18)16-8-10/h2-3,8,11H,4-7,9H2,1H3,(H2,15,18). The molecule has 126 valence electrons. The number of carbonyl (C=O) groups is 2. The van der Waals surface area contributed by atoms with Gasteiger partial charge in [-0.1, -0.05) is 0 Å². The Morgan fingerprint density at radius 3 is 2.65 bits per heavy atom. The molecule has 1 fully saturated rings. The number of nitrogens with zero attached hydrogens (tertiary/aromatic N) is 2. The average Bonchev–Trinajstić information content (AvgIpc) is 2.87. The molecule has 0 bridgehead atoms. The lowest BCUT2D eigenvalue weighted by atomic mass is 10.1. The van der Waals surface area contributed by atoms with Crippen molar-refractivity contribution in [3.8, 4) is 0 Å². The summed E-state index contributed by atoms with van der Waals surface area (Å²) in [7, 11) is -1.60. The minimum atomic E-state index is -3.11. The second-order valence-corrected chi connectivity index (χ2v) is 7.57. The molecule has 0 aromatic carbocycles. The van der Waals surface area contributed by atoms with Crippen molar-refractivity contribution in [1.82, 2.24) is 9.88 Å². The number of hydrogen-bond donors (Lipinski definition) is 1. The van der Waals surface area contributed by atoms with Crippen LogP contribution in [0.1, 0.15) is 27.3 Å². The van der Waals surface area contributed by atoms with Gasteiger partial charge in [0.2, 0.25) is 0 Å². The van der Waals surface area contributed by atoms with E-state index in [-0.39, 0.29) is 41.3 Å². The molecule has 0 aliphatic carbocycles. The van der Waals surface area contributed by atoms with Crippen LogP contribution in [0.25, 0.3) is 0 Å². The van der Waals surface area contributed by atoms with Crippen LogP contribution >= 0.6 is 0 Å². The summed E-state index contributed by atoms with van der Waals surface area (Å²) in [6.07, 6.45) is 1.68. The molecule has 1 aliphatic rings. The van der Waals surface area contributed by atoms with Crippen LogP contribution in [0, 0.1) is 0 Å². The molecule has 2 N–H and O–H groups in total. The number of primary amides is 1. The molecular formula is C14H19N3O5S. The fourth-order valence-corrected chi connectivity index (χ4v) is 4.22. The van der Waals surface area contributed by atoms with Crippen molar-refractivity contribution in [3.05, 3.63) is 29.6 Å². The van der Waals surface area contributed by atoms with Gasteiger partial charge >= 0.3 is 0 Å². The molecule has 1 aromatic heterocycles. The quantitative estimate of drug-likeness (QED) is 0.742. The molecule has 1 aliphatic heterocycles. The lowest BCUT2D eigenvalue weighted by Crippen LogP contribution is -2.43. The predicted octanol–water partition coefficient (Wildman–Crippen LogP) is -0.544. The van der Waals surface area contributed by atoms with Crippen molar-refractivity contribution >= 4 is 21.7 Å². The highest BCUT2D eigenvalue weighted by Gasteiger charge is 2.34. The summed E-state index contributed by atoms with van der Waals surface area (Å²) in [6.45, 7) is 0.585. The zero-order valence-electron chi connectivity index (χ0n) is 12.8. The molecule has 1 atom stereocenters. The maximum atomic E-state index is 12.6. The third-order valence-electron chi connectivity index (χ3n) is 3.71. The van der Waals surface area contributed by atoms with Crippen LogP contribution in [-0.2, 0) is 14.6 Å². The van der Waals surface area contributed by atoms with E-state index >= 15 is 0 Å². The molecule has 1 saturated heterocycles. The summed E-state index contributed by atoms with van der Waals surface area (Å²) in [6, 6.07) is 2.45.